The number of aromatic nitrogens is 2. The molecule has 2 aromatic carbocycles. The molecule has 0 spiro atoms. The minimum Gasteiger partial charge on any atom is -0.393 e. The second-order valence-electron chi connectivity index (χ2n) is 13.9. The molecule has 5 aliphatic rings. The Labute approximate surface area is 257 Å². The van der Waals surface area contributed by atoms with Gasteiger partial charge in [0, 0.05) is 11.1 Å². The zero-order valence-electron chi connectivity index (χ0n) is 24.7. The van der Waals surface area contributed by atoms with Crippen molar-refractivity contribution in [2.45, 2.75) is 99.4 Å². The van der Waals surface area contributed by atoms with E-state index in [0.717, 1.165) is 94.2 Å². The number of sulfonamides is 1. The van der Waals surface area contributed by atoms with Gasteiger partial charge in [0.2, 0.25) is 10.0 Å². The quantitative estimate of drug-likeness (QED) is 0.218. The summed E-state index contributed by atoms with van der Waals surface area (Å²) in [6, 6.07) is 12.3. The Morgan fingerprint density at radius 3 is 2.45 bits per heavy atom. The van der Waals surface area contributed by atoms with Crippen LogP contribution < -0.4 is 4.72 Å². The molecule has 3 aromatic rings. The first-order valence-corrected chi connectivity index (χ1v) is 17.5. The van der Waals surface area contributed by atoms with Crippen molar-refractivity contribution in [3.05, 3.63) is 72.2 Å². The van der Waals surface area contributed by atoms with E-state index in [9.17, 15) is 26.7 Å². The number of alkyl halides is 3. The van der Waals surface area contributed by atoms with Crippen molar-refractivity contribution >= 4 is 10.0 Å². The summed E-state index contributed by atoms with van der Waals surface area (Å²) in [4.78, 5) is 4.21. The molecule has 0 amide bonds. The number of aliphatic hydroxyl groups excluding tert-OH is 1. The van der Waals surface area contributed by atoms with E-state index in [1.165, 1.54) is 11.1 Å². The second-order valence-corrected chi connectivity index (χ2v) is 15.5. The van der Waals surface area contributed by atoms with Crippen molar-refractivity contribution in [1.29, 1.82) is 0 Å². The van der Waals surface area contributed by atoms with Crippen LogP contribution >= 0.6 is 0 Å². The predicted octanol–water partition coefficient (Wildman–Crippen LogP) is 7.35. The summed E-state index contributed by atoms with van der Waals surface area (Å²) in [6.07, 6.45) is 9.34. The number of hydrogen-bond acceptors (Lipinski definition) is 4. The Morgan fingerprint density at radius 1 is 1.00 bits per heavy atom. The zero-order chi connectivity index (χ0) is 30.7. The van der Waals surface area contributed by atoms with E-state index in [1.807, 2.05) is 18.6 Å². The summed E-state index contributed by atoms with van der Waals surface area (Å²) in [5.74, 6) is 2.06. The molecule has 2 heterocycles. The standard InChI is InChI=1S/C34H40F3N3O3S/c35-34(36,37)25-10-12-27(13-11-25)44(42,43)39-33-17-22-14-23(18-33)28(24(15-22)19-33)7-3-1-2-6-26(41)16-31-29-8-4-5-9-30(29)32-20-38-21-40(31)32/h4-5,8-13,20-24,26,28,31,39,41H,1-3,6-7,14-19H2. The number of imidazole rings is 1. The Kier molecular flexibility index (Phi) is 7.69. The van der Waals surface area contributed by atoms with E-state index in [1.54, 1.807) is 0 Å². The van der Waals surface area contributed by atoms with Gasteiger partial charge in [0.15, 0.2) is 0 Å². The minimum absolute atomic E-state index is 0.109. The summed E-state index contributed by atoms with van der Waals surface area (Å²) in [5, 5.41) is 10.9. The summed E-state index contributed by atoms with van der Waals surface area (Å²) < 4.78 is 70.6. The van der Waals surface area contributed by atoms with E-state index in [2.05, 4.69) is 32.5 Å². The van der Waals surface area contributed by atoms with Gasteiger partial charge in [0.25, 0.3) is 0 Å². The van der Waals surface area contributed by atoms with Crippen LogP contribution in [0.4, 0.5) is 13.2 Å². The molecule has 10 heteroatoms. The minimum atomic E-state index is -4.50. The number of halogens is 3. The lowest BCUT2D eigenvalue weighted by atomic mass is 9.48. The molecule has 0 radical (unpaired) electrons. The first-order chi connectivity index (χ1) is 21.0. The highest BCUT2D eigenvalue weighted by molar-refractivity contribution is 7.89. The van der Waals surface area contributed by atoms with E-state index < -0.39 is 27.3 Å². The molecule has 8 rings (SSSR count). The van der Waals surface area contributed by atoms with Gasteiger partial charge >= 0.3 is 6.18 Å². The van der Waals surface area contributed by atoms with Gasteiger partial charge in [-0.25, -0.2) is 18.1 Å². The third kappa shape index (κ3) is 5.62. The molecule has 2 N–H and O–H groups in total. The van der Waals surface area contributed by atoms with E-state index in [4.69, 9.17) is 0 Å². The van der Waals surface area contributed by atoms with Crippen molar-refractivity contribution in [2.24, 2.45) is 23.7 Å². The van der Waals surface area contributed by atoms with Crippen LogP contribution in [0.1, 0.15) is 87.8 Å². The maximum absolute atomic E-state index is 13.3. The third-order valence-corrected chi connectivity index (χ3v) is 12.6. The van der Waals surface area contributed by atoms with Crippen molar-refractivity contribution in [1.82, 2.24) is 14.3 Å². The maximum Gasteiger partial charge on any atom is 0.416 e. The fourth-order valence-corrected chi connectivity index (χ4v) is 10.8. The first-order valence-electron chi connectivity index (χ1n) is 16.0. The SMILES string of the molecule is O=S(=O)(NC12CC3CC(C1)C(CCCCCC(O)CC1c4ccccc4-c4cncn41)C(C3)C2)c1ccc(C(F)(F)F)cc1. The fraction of sp³-hybridized carbons (Fsp3) is 0.559. The zero-order valence-corrected chi connectivity index (χ0v) is 25.5. The molecule has 1 aliphatic heterocycles. The third-order valence-electron chi connectivity index (χ3n) is 11.0. The summed E-state index contributed by atoms with van der Waals surface area (Å²) in [6.45, 7) is 0. The van der Waals surface area contributed by atoms with Gasteiger partial charge in [-0.2, -0.15) is 13.2 Å². The van der Waals surface area contributed by atoms with Crippen molar-refractivity contribution < 1.29 is 26.7 Å². The highest BCUT2D eigenvalue weighted by Gasteiger charge is 2.56. The van der Waals surface area contributed by atoms with Crippen LogP contribution in [0.15, 0.2) is 66.0 Å². The molecule has 4 unspecified atom stereocenters. The van der Waals surface area contributed by atoms with Gasteiger partial charge in [-0.1, -0.05) is 43.5 Å². The van der Waals surface area contributed by atoms with Gasteiger partial charge in [0.1, 0.15) is 0 Å². The largest absolute Gasteiger partial charge is 0.416 e. The molecule has 6 nitrogen and oxygen atoms in total. The highest BCUT2D eigenvalue weighted by atomic mass is 32.2. The number of hydrogen-bond donors (Lipinski definition) is 2. The molecular formula is C34H40F3N3O3S. The Balaban J connectivity index is 0.899. The van der Waals surface area contributed by atoms with Gasteiger partial charge in [-0.05, 0) is 105 Å². The van der Waals surface area contributed by atoms with Crippen molar-refractivity contribution in [3.8, 4) is 11.3 Å². The molecule has 4 bridgehead atoms. The van der Waals surface area contributed by atoms with E-state index in [0.29, 0.717) is 30.1 Å². The van der Waals surface area contributed by atoms with Crippen LogP contribution in [0.25, 0.3) is 11.3 Å². The van der Waals surface area contributed by atoms with Crippen LogP contribution in [0.5, 0.6) is 0 Å². The molecule has 44 heavy (non-hydrogen) atoms. The lowest BCUT2D eigenvalue weighted by molar-refractivity contribution is -0.137. The monoisotopic (exact) mass is 627 g/mol. The highest BCUT2D eigenvalue weighted by Crippen LogP contribution is 2.59. The number of benzene rings is 2. The molecular weight excluding hydrogens is 587 g/mol. The number of unbranched alkanes of at least 4 members (excludes halogenated alkanes) is 2. The Morgan fingerprint density at radius 2 is 1.73 bits per heavy atom. The maximum atomic E-state index is 13.3. The first kappa shape index (κ1) is 30.0. The summed E-state index contributed by atoms with van der Waals surface area (Å²) in [7, 11) is -3.92. The molecule has 4 saturated carbocycles. The van der Waals surface area contributed by atoms with Crippen LogP contribution in [0.2, 0.25) is 0 Å². The van der Waals surface area contributed by atoms with Crippen LogP contribution in [-0.2, 0) is 16.2 Å². The van der Waals surface area contributed by atoms with Gasteiger partial charge < -0.3 is 9.67 Å². The summed E-state index contributed by atoms with van der Waals surface area (Å²) >= 11 is 0. The number of rotatable bonds is 11. The van der Waals surface area contributed by atoms with Crippen LogP contribution in [-0.4, -0.2) is 34.7 Å². The number of nitrogens with one attached hydrogen (secondary N) is 1. The molecule has 4 atom stereocenters. The smallest absolute Gasteiger partial charge is 0.393 e. The van der Waals surface area contributed by atoms with Crippen LogP contribution in [0, 0.1) is 23.7 Å². The number of fused-ring (bicyclic) bond motifs is 3. The van der Waals surface area contributed by atoms with Gasteiger partial charge in [0.05, 0.1) is 40.8 Å². The second kappa shape index (κ2) is 11.3. The molecule has 236 valence electrons. The molecule has 4 fully saturated rings. The lowest BCUT2D eigenvalue weighted by Crippen LogP contribution is -2.62. The predicted molar refractivity (Wildman–Crippen MR) is 161 cm³/mol. The average Bonchev–Trinajstić information content (AvgIpc) is 3.55. The van der Waals surface area contributed by atoms with Crippen LogP contribution in [0.3, 0.4) is 0 Å². The van der Waals surface area contributed by atoms with E-state index in [-0.39, 0.29) is 17.0 Å². The lowest BCUT2D eigenvalue weighted by Gasteiger charge is -2.60. The van der Waals surface area contributed by atoms with Crippen molar-refractivity contribution in [3.63, 3.8) is 0 Å². The molecule has 4 aliphatic carbocycles. The average molecular weight is 628 g/mol. The Bertz CT molecular complexity index is 1590. The number of aliphatic hydroxyl groups is 1. The normalized spacial score (nSPS) is 29.5. The number of nitrogens with zero attached hydrogens (tertiary/aromatic N) is 2. The molecule has 0 saturated heterocycles. The van der Waals surface area contributed by atoms with Crippen molar-refractivity contribution in [2.75, 3.05) is 0 Å². The molecule has 1 aromatic heterocycles. The Hall–Kier alpha value is -2.69. The van der Waals surface area contributed by atoms with Gasteiger partial charge in [-0.15, -0.1) is 0 Å². The summed E-state index contributed by atoms with van der Waals surface area (Å²) in [5.41, 5.74) is 2.23. The topological polar surface area (TPSA) is 84.2 Å². The fourth-order valence-electron chi connectivity index (χ4n) is 9.38. The van der Waals surface area contributed by atoms with E-state index >= 15 is 0 Å². The van der Waals surface area contributed by atoms with Gasteiger partial charge in [-0.3, -0.25) is 0 Å².